The lowest BCUT2D eigenvalue weighted by Crippen LogP contribution is -2.52. The summed E-state index contributed by atoms with van der Waals surface area (Å²) in [5.74, 6) is 3.46. The van der Waals surface area contributed by atoms with Gasteiger partial charge in [-0.25, -0.2) is 4.98 Å². The highest BCUT2D eigenvalue weighted by molar-refractivity contribution is 5.94. The van der Waals surface area contributed by atoms with Crippen molar-refractivity contribution < 1.29 is 4.74 Å². The molecule has 1 aromatic carbocycles. The Labute approximate surface area is 253 Å². The van der Waals surface area contributed by atoms with Crippen LogP contribution in [0.25, 0.3) is 10.8 Å². The van der Waals surface area contributed by atoms with E-state index in [2.05, 4.69) is 48.0 Å². The molecule has 3 aliphatic rings. The molecule has 3 aliphatic heterocycles. The summed E-state index contributed by atoms with van der Waals surface area (Å²) in [6.07, 6.45) is 10.4. The van der Waals surface area contributed by atoms with E-state index in [0.717, 1.165) is 60.1 Å². The van der Waals surface area contributed by atoms with Gasteiger partial charge in [0.25, 0.3) is 0 Å². The maximum absolute atomic E-state index is 6.13. The Balaban J connectivity index is 0.000000319. The number of hydrogen-bond acceptors (Lipinski definition) is 8. The number of rotatable bonds is 8. The normalized spacial score (nSPS) is 19.8. The van der Waals surface area contributed by atoms with Gasteiger partial charge in [0.15, 0.2) is 0 Å². The zero-order valence-electron chi connectivity index (χ0n) is 26.8. The molecule has 0 spiro atoms. The molecule has 2 saturated heterocycles. The van der Waals surface area contributed by atoms with Crippen molar-refractivity contribution >= 4 is 28.2 Å². The minimum absolute atomic E-state index is 0.437. The van der Waals surface area contributed by atoms with Crippen LogP contribution in [0.4, 0.5) is 17.5 Å². The van der Waals surface area contributed by atoms with E-state index in [4.69, 9.17) is 25.4 Å². The number of ether oxygens (including phenoxy) is 1. The quantitative estimate of drug-likeness (QED) is 0.285. The molecular formula is C34H53N7O. The molecule has 3 unspecified atom stereocenters. The summed E-state index contributed by atoms with van der Waals surface area (Å²) in [6, 6.07) is 11.7. The summed E-state index contributed by atoms with van der Waals surface area (Å²) in [5, 5.41) is 5.92. The second kappa shape index (κ2) is 15.4. The number of nitrogens with zero attached hydrogens (tertiary/aromatic N) is 5. The fourth-order valence-corrected chi connectivity index (χ4v) is 6.28. The van der Waals surface area contributed by atoms with Crippen molar-refractivity contribution in [3.63, 3.8) is 0 Å². The van der Waals surface area contributed by atoms with Crippen LogP contribution in [0.3, 0.4) is 0 Å². The average Bonchev–Trinajstić information content (AvgIpc) is 3.37. The van der Waals surface area contributed by atoms with Gasteiger partial charge in [0.2, 0.25) is 0 Å². The van der Waals surface area contributed by atoms with Crippen LogP contribution in [0.5, 0.6) is 6.01 Å². The number of piperazine rings is 1. The van der Waals surface area contributed by atoms with Crippen LogP contribution in [0.1, 0.15) is 90.8 Å². The molecule has 0 saturated carbocycles. The van der Waals surface area contributed by atoms with Crippen molar-refractivity contribution in [2.45, 2.75) is 105 Å². The van der Waals surface area contributed by atoms with Crippen LogP contribution >= 0.6 is 0 Å². The molecule has 2 aromatic heterocycles. The predicted molar refractivity (Wildman–Crippen MR) is 177 cm³/mol. The van der Waals surface area contributed by atoms with Crippen molar-refractivity contribution in [3.05, 3.63) is 41.6 Å². The lowest BCUT2D eigenvalue weighted by Gasteiger charge is -2.37. The van der Waals surface area contributed by atoms with Gasteiger partial charge in [-0.1, -0.05) is 91.0 Å². The SMILES string of the molecule is CC.CCCCCC(C)CC.COc1nc2c(c(N3CC4CCC(C3)N4)n1)CCN(c1nc(N)cc3ccccc13)C2. The topological polar surface area (TPSA) is 92.4 Å². The summed E-state index contributed by atoms with van der Waals surface area (Å²) in [4.78, 5) is 18.9. The minimum atomic E-state index is 0.437. The first-order valence-electron chi connectivity index (χ1n) is 16.3. The first-order chi connectivity index (χ1) is 20.5. The number of fused-ring (bicyclic) bond motifs is 4. The number of nitrogen functional groups attached to an aromatic ring is 1. The molecular weight excluding hydrogens is 522 g/mol. The molecule has 3 aromatic rings. The van der Waals surface area contributed by atoms with E-state index in [1.54, 1.807) is 7.11 Å². The standard InChI is InChI=1S/C23H27N7O.C9H20.C2H6/c1-31-23-26-19-13-29(21-17-5-3-2-4-14(17)10-20(24)27-21)9-8-18(19)22(28-23)30-11-15-6-7-16(12-30)25-15;1-4-6-7-8-9(3)5-2;1-2/h2-5,10,15-16,25H,6-9,11-13H2,1H3,(H2,24,27);9H,4-8H2,1-3H3;1-2H3. The maximum atomic E-state index is 6.13. The van der Waals surface area contributed by atoms with Crippen molar-refractivity contribution in [2.75, 3.05) is 42.3 Å². The van der Waals surface area contributed by atoms with Gasteiger partial charge in [-0.05, 0) is 36.6 Å². The van der Waals surface area contributed by atoms with E-state index in [0.29, 0.717) is 30.5 Å². The summed E-state index contributed by atoms with van der Waals surface area (Å²) in [7, 11) is 1.64. The largest absolute Gasteiger partial charge is 0.467 e. The zero-order chi connectivity index (χ0) is 30.1. The number of hydrogen-bond donors (Lipinski definition) is 2. The maximum Gasteiger partial charge on any atom is 0.318 e. The van der Waals surface area contributed by atoms with Gasteiger partial charge >= 0.3 is 6.01 Å². The monoisotopic (exact) mass is 575 g/mol. The third-order valence-corrected chi connectivity index (χ3v) is 8.76. The Kier molecular flexibility index (Phi) is 11.6. The molecule has 0 amide bonds. The Morgan fingerprint density at radius 1 is 1.00 bits per heavy atom. The van der Waals surface area contributed by atoms with E-state index in [-0.39, 0.29) is 0 Å². The van der Waals surface area contributed by atoms with E-state index in [1.165, 1.54) is 50.5 Å². The Bertz CT molecular complexity index is 1270. The van der Waals surface area contributed by atoms with Crippen LogP contribution < -0.4 is 25.6 Å². The molecule has 0 radical (unpaired) electrons. The van der Waals surface area contributed by atoms with Gasteiger partial charge in [0.1, 0.15) is 17.5 Å². The third kappa shape index (κ3) is 7.63. The van der Waals surface area contributed by atoms with Crippen LogP contribution in [0.15, 0.2) is 30.3 Å². The zero-order valence-corrected chi connectivity index (χ0v) is 26.8. The first kappa shape index (κ1) is 31.8. The van der Waals surface area contributed by atoms with Crippen LogP contribution in [0, 0.1) is 5.92 Å². The minimum Gasteiger partial charge on any atom is -0.467 e. The van der Waals surface area contributed by atoms with Crippen molar-refractivity contribution in [1.29, 1.82) is 0 Å². The number of nitrogens with one attached hydrogen (secondary N) is 1. The lowest BCUT2D eigenvalue weighted by atomic mass is 10.0. The average molecular weight is 576 g/mol. The smallest absolute Gasteiger partial charge is 0.318 e. The lowest BCUT2D eigenvalue weighted by molar-refractivity contribution is 0.374. The molecule has 6 rings (SSSR count). The summed E-state index contributed by atoms with van der Waals surface area (Å²) in [6.45, 7) is 14.4. The van der Waals surface area contributed by atoms with Crippen molar-refractivity contribution in [1.82, 2.24) is 20.3 Å². The molecule has 5 heterocycles. The molecule has 3 atom stereocenters. The van der Waals surface area contributed by atoms with E-state index in [1.807, 2.05) is 32.0 Å². The summed E-state index contributed by atoms with van der Waals surface area (Å²) < 4.78 is 5.49. The van der Waals surface area contributed by atoms with Gasteiger partial charge in [-0.3, -0.25) is 0 Å². The Morgan fingerprint density at radius 2 is 1.74 bits per heavy atom. The van der Waals surface area contributed by atoms with Gasteiger partial charge in [-0.15, -0.1) is 0 Å². The molecule has 2 bridgehead atoms. The molecule has 3 N–H and O–H groups in total. The van der Waals surface area contributed by atoms with Gasteiger partial charge in [-0.2, -0.15) is 9.97 Å². The van der Waals surface area contributed by atoms with E-state index in [9.17, 15) is 0 Å². The number of nitrogens with two attached hydrogens (primary N) is 1. The van der Waals surface area contributed by atoms with Crippen LogP contribution in [-0.2, 0) is 13.0 Å². The Morgan fingerprint density at radius 3 is 2.43 bits per heavy atom. The highest BCUT2D eigenvalue weighted by Gasteiger charge is 2.35. The highest BCUT2D eigenvalue weighted by atomic mass is 16.5. The van der Waals surface area contributed by atoms with Gasteiger partial charge in [0.05, 0.1) is 19.3 Å². The number of pyridine rings is 1. The molecule has 8 nitrogen and oxygen atoms in total. The number of benzene rings is 1. The fourth-order valence-electron chi connectivity index (χ4n) is 6.28. The molecule has 0 aliphatic carbocycles. The number of aromatic nitrogens is 3. The highest BCUT2D eigenvalue weighted by Crippen LogP contribution is 2.35. The molecule has 8 heteroatoms. The second-order valence-electron chi connectivity index (χ2n) is 11.8. The molecule has 2 fully saturated rings. The first-order valence-corrected chi connectivity index (χ1v) is 16.3. The van der Waals surface area contributed by atoms with Crippen molar-refractivity contribution in [2.24, 2.45) is 5.92 Å². The number of anilines is 3. The van der Waals surface area contributed by atoms with Crippen LogP contribution in [0.2, 0.25) is 0 Å². The van der Waals surface area contributed by atoms with Crippen molar-refractivity contribution in [3.8, 4) is 6.01 Å². The number of methoxy groups -OCH3 is 1. The number of unbranched alkanes of at least 4 members (excludes halogenated alkanes) is 2. The van der Waals surface area contributed by atoms with Crippen LogP contribution in [-0.4, -0.2) is 53.8 Å². The fraction of sp³-hybridized carbons (Fsp3) is 0.618. The van der Waals surface area contributed by atoms with Gasteiger partial charge in [0, 0.05) is 42.7 Å². The second-order valence-corrected chi connectivity index (χ2v) is 11.8. The molecule has 42 heavy (non-hydrogen) atoms. The predicted octanol–water partition coefficient (Wildman–Crippen LogP) is 6.76. The summed E-state index contributed by atoms with van der Waals surface area (Å²) in [5.41, 5.74) is 8.39. The van der Waals surface area contributed by atoms with E-state index >= 15 is 0 Å². The third-order valence-electron chi connectivity index (χ3n) is 8.76. The molecule has 230 valence electrons. The van der Waals surface area contributed by atoms with E-state index < -0.39 is 0 Å². The Hall–Kier alpha value is -3.13. The van der Waals surface area contributed by atoms with Gasteiger partial charge < -0.3 is 25.6 Å². The summed E-state index contributed by atoms with van der Waals surface area (Å²) >= 11 is 0.